The normalized spacial score (nSPS) is 15.2. The molecule has 0 radical (unpaired) electrons. The Morgan fingerprint density at radius 2 is 2.00 bits per heavy atom. The fourth-order valence-corrected chi connectivity index (χ4v) is 2.71. The van der Waals surface area contributed by atoms with E-state index in [0.29, 0.717) is 24.7 Å². The summed E-state index contributed by atoms with van der Waals surface area (Å²) in [5.74, 6) is 1.11. The Bertz CT molecular complexity index is 686. The topological polar surface area (TPSA) is 70.6 Å². The van der Waals surface area contributed by atoms with Gasteiger partial charge in [-0.15, -0.1) is 0 Å². The molecule has 1 fully saturated rings. The molecule has 5 heteroatoms. The second-order valence-corrected chi connectivity index (χ2v) is 6.40. The van der Waals surface area contributed by atoms with Crippen molar-refractivity contribution >= 4 is 5.91 Å². The van der Waals surface area contributed by atoms with E-state index in [1.807, 2.05) is 54.6 Å². The molecule has 1 saturated heterocycles. The number of hydrogen-bond donors (Lipinski definition) is 3. The van der Waals surface area contributed by atoms with Crippen LogP contribution in [0.5, 0.6) is 5.75 Å². The van der Waals surface area contributed by atoms with Crippen molar-refractivity contribution < 1.29 is 14.6 Å². The Balaban J connectivity index is 1.48. The van der Waals surface area contributed by atoms with Crippen LogP contribution in [0.4, 0.5) is 0 Å². The van der Waals surface area contributed by atoms with Gasteiger partial charge in [0.25, 0.3) is 0 Å². The zero-order chi connectivity index (χ0) is 17.5. The molecule has 1 heterocycles. The first-order valence-corrected chi connectivity index (χ1v) is 8.63. The number of amides is 1. The lowest BCUT2D eigenvalue weighted by Gasteiger charge is -2.26. The van der Waals surface area contributed by atoms with Gasteiger partial charge in [0.1, 0.15) is 12.4 Å². The smallest absolute Gasteiger partial charge is 0.220 e. The number of carbonyl (C=O) groups excluding carboxylic acids is 1. The molecule has 1 amide bonds. The molecule has 132 valence electrons. The number of ether oxygens (including phenoxy) is 1. The predicted molar refractivity (Wildman–Crippen MR) is 96.2 cm³/mol. The zero-order valence-corrected chi connectivity index (χ0v) is 14.2. The van der Waals surface area contributed by atoms with Gasteiger partial charge in [-0.1, -0.05) is 42.5 Å². The SMILES string of the molecule is O=C(CC1CNC1)NCC(O)c1cccc(OCc2ccccc2)c1. The lowest BCUT2D eigenvalue weighted by atomic mass is 9.99. The summed E-state index contributed by atoms with van der Waals surface area (Å²) in [6, 6.07) is 17.3. The minimum Gasteiger partial charge on any atom is -0.489 e. The summed E-state index contributed by atoms with van der Waals surface area (Å²) in [6.07, 6.45) is -0.233. The Labute approximate surface area is 148 Å². The minimum atomic E-state index is -0.747. The molecule has 25 heavy (non-hydrogen) atoms. The molecule has 3 rings (SSSR count). The molecule has 0 saturated carbocycles. The first-order valence-electron chi connectivity index (χ1n) is 8.63. The Morgan fingerprint density at radius 3 is 2.72 bits per heavy atom. The predicted octanol–water partition coefficient (Wildman–Crippen LogP) is 2.02. The molecule has 0 bridgehead atoms. The van der Waals surface area contributed by atoms with Crippen LogP contribution in [0.3, 0.4) is 0 Å². The fourth-order valence-electron chi connectivity index (χ4n) is 2.71. The van der Waals surface area contributed by atoms with Crippen LogP contribution in [0.2, 0.25) is 0 Å². The third-order valence-corrected chi connectivity index (χ3v) is 4.32. The highest BCUT2D eigenvalue weighted by Crippen LogP contribution is 2.20. The third kappa shape index (κ3) is 5.31. The molecule has 2 aromatic rings. The molecular weight excluding hydrogens is 316 g/mol. The summed E-state index contributed by atoms with van der Waals surface area (Å²) >= 11 is 0. The van der Waals surface area contributed by atoms with E-state index in [-0.39, 0.29) is 12.5 Å². The molecule has 1 aliphatic heterocycles. The first kappa shape index (κ1) is 17.5. The standard InChI is InChI=1S/C20H24N2O3/c23-19(13-22-20(24)9-16-11-21-12-16)17-7-4-8-18(10-17)25-14-15-5-2-1-3-6-15/h1-8,10,16,19,21,23H,9,11-14H2,(H,22,24). The van der Waals surface area contributed by atoms with Crippen molar-refractivity contribution in [2.45, 2.75) is 19.1 Å². The van der Waals surface area contributed by atoms with Gasteiger partial charge in [-0.05, 0) is 42.3 Å². The van der Waals surface area contributed by atoms with Crippen LogP contribution in [-0.2, 0) is 11.4 Å². The highest BCUT2D eigenvalue weighted by atomic mass is 16.5. The Morgan fingerprint density at radius 1 is 1.20 bits per heavy atom. The fraction of sp³-hybridized carbons (Fsp3) is 0.350. The van der Waals surface area contributed by atoms with Gasteiger partial charge in [0.15, 0.2) is 0 Å². The van der Waals surface area contributed by atoms with E-state index >= 15 is 0 Å². The summed E-state index contributed by atoms with van der Waals surface area (Å²) in [5.41, 5.74) is 1.82. The number of rotatable bonds is 8. The summed E-state index contributed by atoms with van der Waals surface area (Å²) in [6.45, 7) is 2.49. The summed E-state index contributed by atoms with van der Waals surface area (Å²) in [5, 5.41) is 16.2. The molecule has 0 spiro atoms. The van der Waals surface area contributed by atoms with Crippen LogP contribution in [0.15, 0.2) is 54.6 Å². The van der Waals surface area contributed by atoms with Crippen LogP contribution >= 0.6 is 0 Å². The van der Waals surface area contributed by atoms with E-state index in [1.54, 1.807) is 0 Å². The summed E-state index contributed by atoms with van der Waals surface area (Å²) in [7, 11) is 0. The zero-order valence-electron chi connectivity index (χ0n) is 14.2. The van der Waals surface area contributed by atoms with E-state index in [1.165, 1.54) is 0 Å². The number of aliphatic hydroxyl groups excluding tert-OH is 1. The van der Waals surface area contributed by atoms with Crippen molar-refractivity contribution in [3.8, 4) is 5.75 Å². The second kappa shape index (κ2) is 8.65. The van der Waals surface area contributed by atoms with E-state index in [4.69, 9.17) is 4.74 Å². The van der Waals surface area contributed by atoms with Gasteiger partial charge in [0.05, 0.1) is 6.10 Å². The van der Waals surface area contributed by atoms with Crippen molar-refractivity contribution in [2.75, 3.05) is 19.6 Å². The molecule has 3 N–H and O–H groups in total. The number of hydrogen-bond acceptors (Lipinski definition) is 4. The molecule has 1 atom stereocenters. The number of benzene rings is 2. The van der Waals surface area contributed by atoms with E-state index in [0.717, 1.165) is 24.2 Å². The van der Waals surface area contributed by atoms with Crippen LogP contribution in [0, 0.1) is 5.92 Å². The molecule has 1 unspecified atom stereocenters. The molecular formula is C20H24N2O3. The lowest BCUT2D eigenvalue weighted by Crippen LogP contribution is -2.44. The summed E-state index contributed by atoms with van der Waals surface area (Å²) in [4.78, 5) is 11.8. The maximum atomic E-state index is 11.8. The maximum Gasteiger partial charge on any atom is 0.220 e. The van der Waals surface area contributed by atoms with Crippen LogP contribution in [0.25, 0.3) is 0 Å². The average molecular weight is 340 g/mol. The molecule has 1 aliphatic rings. The highest BCUT2D eigenvalue weighted by Gasteiger charge is 2.20. The Hall–Kier alpha value is -2.37. The second-order valence-electron chi connectivity index (χ2n) is 6.40. The summed E-state index contributed by atoms with van der Waals surface area (Å²) < 4.78 is 5.78. The van der Waals surface area contributed by atoms with Gasteiger partial charge in [0.2, 0.25) is 5.91 Å². The molecule has 0 aliphatic carbocycles. The van der Waals surface area contributed by atoms with Crippen molar-refractivity contribution in [2.24, 2.45) is 5.92 Å². The third-order valence-electron chi connectivity index (χ3n) is 4.32. The lowest BCUT2D eigenvalue weighted by molar-refractivity contribution is -0.122. The van der Waals surface area contributed by atoms with Gasteiger partial charge in [0, 0.05) is 13.0 Å². The van der Waals surface area contributed by atoms with Crippen LogP contribution in [0.1, 0.15) is 23.7 Å². The number of carbonyl (C=O) groups is 1. The van der Waals surface area contributed by atoms with Crippen LogP contribution in [-0.4, -0.2) is 30.6 Å². The average Bonchev–Trinajstić information content (AvgIpc) is 2.62. The largest absolute Gasteiger partial charge is 0.489 e. The first-order chi connectivity index (χ1) is 12.2. The minimum absolute atomic E-state index is 0.0120. The van der Waals surface area contributed by atoms with E-state index < -0.39 is 6.10 Å². The van der Waals surface area contributed by atoms with Gasteiger partial charge >= 0.3 is 0 Å². The van der Waals surface area contributed by atoms with E-state index in [9.17, 15) is 9.90 Å². The number of aliphatic hydroxyl groups is 1. The highest BCUT2D eigenvalue weighted by molar-refractivity contribution is 5.76. The monoisotopic (exact) mass is 340 g/mol. The maximum absolute atomic E-state index is 11.8. The molecule has 2 aromatic carbocycles. The quantitative estimate of drug-likeness (QED) is 0.688. The van der Waals surface area contributed by atoms with Gasteiger partial charge in [-0.2, -0.15) is 0 Å². The van der Waals surface area contributed by atoms with Crippen LogP contribution < -0.4 is 15.4 Å². The van der Waals surface area contributed by atoms with Gasteiger partial charge in [-0.25, -0.2) is 0 Å². The van der Waals surface area contributed by atoms with Crippen molar-refractivity contribution in [3.05, 3.63) is 65.7 Å². The van der Waals surface area contributed by atoms with Gasteiger partial charge in [-0.3, -0.25) is 4.79 Å². The van der Waals surface area contributed by atoms with Crippen molar-refractivity contribution in [3.63, 3.8) is 0 Å². The Kier molecular flexibility index (Phi) is 6.04. The van der Waals surface area contributed by atoms with Crippen molar-refractivity contribution in [1.29, 1.82) is 0 Å². The van der Waals surface area contributed by atoms with E-state index in [2.05, 4.69) is 10.6 Å². The number of nitrogens with one attached hydrogen (secondary N) is 2. The molecule has 0 aromatic heterocycles. The van der Waals surface area contributed by atoms with Crippen molar-refractivity contribution in [1.82, 2.24) is 10.6 Å². The van der Waals surface area contributed by atoms with Gasteiger partial charge < -0.3 is 20.5 Å². The molecule has 5 nitrogen and oxygen atoms in total.